The number of anilines is 1. The maximum Gasteiger partial charge on any atom is 0.407 e. The zero-order valence-electron chi connectivity index (χ0n) is 13.2. The lowest BCUT2D eigenvalue weighted by Gasteiger charge is -2.19. The Kier molecular flexibility index (Phi) is 5.04. The quantitative estimate of drug-likeness (QED) is 0.833. The summed E-state index contributed by atoms with van der Waals surface area (Å²) in [4.78, 5) is 11.5. The zero-order chi connectivity index (χ0) is 16.0. The highest BCUT2D eigenvalue weighted by Gasteiger charge is 2.15. The topological polar surface area (TPSA) is 68.2 Å². The number of nitrogens with zero attached hydrogens (tertiary/aromatic N) is 2. The summed E-state index contributed by atoms with van der Waals surface area (Å²) in [6.07, 6.45) is 3.23. The first-order chi connectivity index (χ1) is 10.4. The van der Waals surface area contributed by atoms with Crippen molar-refractivity contribution in [2.75, 3.05) is 18.4 Å². The predicted octanol–water partition coefficient (Wildman–Crippen LogP) is 2.81. The van der Waals surface area contributed by atoms with Crippen molar-refractivity contribution in [3.63, 3.8) is 0 Å². The Morgan fingerprint density at radius 3 is 2.77 bits per heavy atom. The van der Waals surface area contributed by atoms with Crippen molar-refractivity contribution in [1.82, 2.24) is 15.1 Å². The number of benzene rings is 1. The molecule has 2 aromatic rings. The molecule has 1 amide bonds. The number of nitrogens with one attached hydrogen (secondary N) is 2. The minimum absolute atomic E-state index is 0.403. The maximum absolute atomic E-state index is 11.5. The van der Waals surface area contributed by atoms with E-state index in [2.05, 4.69) is 15.7 Å². The molecule has 22 heavy (non-hydrogen) atoms. The molecular weight excluding hydrogens is 280 g/mol. The first-order valence-corrected chi connectivity index (χ1v) is 7.25. The third kappa shape index (κ3) is 5.12. The van der Waals surface area contributed by atoms with Gasteiger partial charge in [0, 0.05) is 31.2 Å². The summed E-state index contributed by atoms with van der Waals surface area (Å²) >= 11 is 0. The molecular formula is C16H22N4O2. The fourth-order valence-electron chi connectivity index (χ4n) is 1.87. The summed E-state index contributed by atoms with van der Waals surface area (Å²) in [5.41, 5.74) is 1.48. The predicted molar refractivity (Wildman–Crippen MR) is 86.3 cm³/mol. The Hall–Kier alpha value is -2.50. The number of aromatic nitrogens is 2. The molecule has 1 aromatic heterocycles. The van der Waals surface area contributed by atoms with Crippen molar-refractivity contribution in [2.45, 2.75) is 26.4 Å². The molecule has 0 fully saturated rings. The van der Waals surface area contributed by atoms with Crippen molar-refractivity contribution in [2.24, 2.45) is 0 Å². The normalized spacial score (nSPS) is 11.0. The lowest BCUT2D eigenvalue weighted by Crippen LogP contribution is -2.34. The minimum atomic E-state index is -0.477. The first-order valence-electron chi connectivity index (χ1n) is 7.25. The second kappa shape index (κ2) is 6.98. The molecule has 0 unspecified atom stereocenters. The molecule has 0 saturated heterocycles. The van der Waals surface area contributed by atoms with Gasteiger partial charge in [0.15, 0.2) is 0 Å². The summed E-state index contributed by atoms with van der Waals surface area (Å²) in [6.45, 7) is 6.62. The molecule has 0 spiro atoms. The second-order valence-electron chi connectivity index (χ2n) is 5.86. The van der Waals surface area contributed by atoms with Crippen molar-refractivity contribution in [3.05, 3.63) is 42.7 Å². The van der Waals surface area contributed by atoms with E-state index < -0.39 is 11.7 Å². The van der Waals surface area contributed by atoms with Gasteiger partial charge in [0.25, 0.3) is 0 Å². The monoisotopic (exact) mass is 302 g/mol. The third-order valence-corrected chi connectivity index (χ3v) is 2.74. The second-order valence-corrected chi connectivity index (χ2v) is 5.86. The lowest BCUT2D eigenvalue weighted by atomic mass is 10.2. The van der Waals surface area contributed by atoms with Crippen LogP contribution < -0.4 is 10.6 Å². The molecule has 118 valence electrons. The molecule has 0 radical (unpaired) electrons. The average Bonchev–Trinajstić information content (AvgIpc) is 2.96. The van der Waals surface area contributed by atoms with E-state index in [1.54, 1.807) is 10.9 Å². The highest BCUT2D eigenvalue weighted by atomic mass is 16.6. The van der Waals surface area contributed by atoms with Crippen molar-refractivity contribution in [1.29, 1.82) is 0 Å². The highest BCUT2D eigenvalue weighted by Crippen LogP contribution is 2.13. The fourth-order valence-corrected chi connectivity index (χ4v) is 1.87. The van der Waals surface area contributed by atoms with Crippen LogP contribution in [0.1, 0.15) is 20.8 Å². The van der Waals surface area contributed by atoms with E-state index in [-0.39, 0.29) is 0 Å². The number of hydrogen-bond acceptors (Lipinski definition) is 4. The van der Waals surface area contributed by atoms with Gasteiger partial charge in [-0.25, -0.2) is 9.48 Å². The molecule has 2 rings (SSSR count). The van der Waals surface area contributed by atoms with E-state index in [0.717, 1.165) is 11.4 Å². The molecule has 0 saturated carbocycles. The Balaban J connectivity index is 1.78. The average molecular weight is 302 g/mol. The number of amides is 1. The van der Waals surface area contributed by atoms with Gasteiger partial charge >= 0.3 is 6.09 Å². The van der Waals surface area contributed by atoms with Gasteiger partial charge in [0.1, 0.15) is 5.60 Å². The van der Waals surface area contributed by atoms with E-state index >= 15 is 0 Å². The lowest BCUT2D eigenvalue weighted by molar-refractivity contribution is 0.0530. The number of carbonyl (C=O) groups excluding carboxylic acids is 1. The zero-order valence-corrected chi connectivity index (χ0v) is 13.2. The molecule has 6 nitrogen and oxygen atoms in total. The largest absolute Gasteiger partial charge is 0.444 e. The SMILES string of the molecule is CC(C)(C)OC(=O)NCCNc1cccc(-n2cccn2)c1. The van der Waals surface area contributed by atoms with E-state index in [9.17, 15) is 4.79 Å². The van der Waals surface area contributed by atoms with Gasteiger partial charge in [0.05, 0.1) is 5.69 Å². The van der Waals surface area contributed by atoms with Crippen LogP contribution >= 0.6 is 0 Å². The summed E-state index contributed by atoms with van der Waals surface area (Å²) < 4.78 is 6.96. The van der Waals surface area contributed by atoms with Crippen LogP contribution in [0, 0.1) is 0 Å². The molecule has 1 heterocycles. The van der Waals surface area contributed by atoms with Crippen LogP contribution in [0.2, 0.25) is 0 Å². The van der Waals surface area contributed by atoms with Crippen LogP contribution in [-0.4, -0.2) is 34.6 Å². The Morgan fingerprint density at radius 2 is 2.09 bits per heavy atom. The van der Waals surface area contributed by atoms with Gasteiger partial charge in [-0.3, -0.25) is 0 Å². The van der Waals surface area contributed by atoms with Crippen molar-refractivity contribution < 1.29 is 9.53 Å². The van der Waals surface area contributed by atoms with E-state index in [1.807, 2.05) is 57.3 Å². The Bertz CT molecular complexity index is 603. The van der Waals surface area contributed by atoms with Gasteiger partial charge < -0.3 is 15.4 Å². The molecule has 2 N–H and O–H groups in total. The van der Waals surface area contributed by atoms with E-state index in [4.69, 9.17) is 4.74 Å². The van der Waals surface area contributed by atoms with E-state index in [1.165, 1.54) is 0 Å². The van der Waals surface area contributed by atoms with Crippen molar-refractivity contribution in [3.8, 4) is 5.69 Å². The summed E-state index contributed by atoms with van der Waals surface area (Å²) in [7, 11) is 0. The van der Waals surface area contributed by atoms with Gasteiger partial charge in [-0.15, -0.1) is 0 Å². The minimum Gasteiger partial charge on any atom is -0.444 e. The molecule has 1 aromatic carbocycles. The Labute approximate surface area is 130 Å². The van der Waals surface area contributed by atoms with Crippen LogP contribution in [0.5, 0.6) is 0 Å². The molecule has 0 aliphatic heterocycles. The smallest absolute Gasteiger partial charge is 0.407 e. The summed E-state index contributed by atoms with van der Waals surface area (Å²) in [5.74, 6) is 0. The number of alkyl carbamates (subject to hydrolysis) is 1. The third-order valence-electron chi connectivity index (χ3n) is 2.74. The van der Waals surface area contributed by atoms with Gasteiger partial charge in [0.2, 0.25) is 0 Å². The van der Waals surface area contributed by atoms with Crippen LogP contribution in [0.4, 0.5) is 10.5 Å². The molecule has 0 atom stereocenters. The molecule has 0 aliphatic rings. The Morgan fingerprint density at radius 1 is 1.27 bits per heavy atom. The van der Waals surface area contributed by atoms with Crippen LogP contribution in [-0.2, 0) is 4.74 Å². The van der Waals surface area contributed by atoms with Crippen molar-refractivity contribution >= 4 is 11.8 Å². The fraction of sp³-hybridized carbons (Fsp3) is 0.375. The number of carbonyl (C=O) groups is 1. The maximum atomic E-state index is 11.5. The number of ether oxygens (including phenoxy) is 1. The van der Waals surface area contributed by atoms with Gasteiger partial charge in [-0.05, 0) is 45.0 Å². The van der Waals surface area contributed by atoms with E-state index in [0.29, 0.717) is 13.1 Å². The van der Waals surface area contributed by atoms with Crippen LogP contribution in [0.3, 0.4) is 0 Å². The summed E-state index contributed by atoms with van der Waals surface area (Å²) in [6, 6.07) is 9.80. The molecule has 6 heteroatoms. The van der Waals surface area contributed by atoms with Gasteiger partial charge in [-0.2, -0.15) is 5.10 Å². The van der Waals surface area contributed by atoms with Gasteiger partial charge in [-0.1, -0.05) is 6.07 Å². The standard InChI is InChI=1S/C16H22N4O2/c1-16(2,3)22-15(21)18-10-9-17-13-6-4-7-14(12-13)20-11-5-8-19-20/h4-8,11-12,17H,9-10H2,1-3H3,(H,18,21). The molecule has 0 bridgehead atoms. The highest BCUT2D eigenvalue weighted by molar-refractivity contribution is 5.67. The molecule has 0 aliphatic carbocycles. The number of rotatable bonds is 5. The first kappa shape index (κ1) is 15.9. The number of hydrogen-bond donors (Lipinski definition) is 2. The van der Waals surface area contributed by atoms with Crippen LogP contribution in [0.25, 0.3) is 5.69 Å². The summed E-state index contributed by atoms with van der Waals surface area (Å²) in [5, 5.41) is 10.2. The van der Waals surface area contributed by atoms with Crippen LogP contribution in [0.15, 0.2) is 42.7 Å².